The van der Waals surface area contributed by atoms with E-state index in [1.165, 1.54) is 71.0 Å². The Morgan fingerprint density at radius 1 is 0.895 bits per heavy atom. The predicted octanol–water partition coefficient (Wildman–Crippen LogP) is 2.41. The summed E-state index contributed by atoms with van der Waals surface area (Å²) in [5, 5.41) is 3.52. The molecule has 3 heteroatoms. The third-order valence-electron chi connectivity index (χ3n) is 5.38. The van der Waals surface area contributed by atoms with E-state index in [2.05, 4.69) is 10.2 Å². The summed E-state index contributed by atoms with van der Waals surface area (Å²) in [6.07, 6.45) is 11.1. The van der Waals surface area contributed by atoms with Gasteiger partial charge in [-0.25, -0.2) is 0 Å². The Hall–Kier alpha value is -0.120. The largest absolute Gasteiger partial charge is 0.380 e. The molecule has 2 atom stereocenters. The molecule has 3 saturated heterocycles. The smallest absolute Gasteiger partial charge is 0.0621 e. The van der Waals surface area contributed by atoms with Crippen LogP contribution in [0.2, 0.25) is 0 Å². The molecule has 110 valence electrons. The number of ether oxygens (including phenoxy) is 1. The molecular formula is C16H30N2O. The third kappa shape index (κ3) is 3.50. The zero-order valence-electron chi connectivity index (χ0n) is 12.3. The van der Waals surface area contributed by atoms with Crippen LogP contribution < -0.4 is 5.32 Å². The van der Waals surface area contributed by atoms with E-state index in [1.54, 1.807) is 0 Å². The highest BCUT2D eigenvalue weighted by molar-refractivity contribution is 4.89. The number of piperidine rings is 1. The lowest BCUT2D eigenvalue weighted by molar-refractivity contribution is -0.0142. The molecule has 3 nitrogen and oxygen atoms in total. The fraction of sp³-hybridized carbons (Fsp3) is 1.00. The number of rotatable bonds is 2. The lowest BCUT2D eigenvalue weighted by Crippen LogP contribution is -2.51. The molecule has 3 heterocycles. The van der Waals surface area contributed by atoms with Crippen LogP contribution in [0.25, 0.3) is 0 Å². The number of hydrogen-bond donors (Lipinski definition) is 1. The van der Waals surface area contributed by atoms with Gasteiger partial charge in [-0.05, 0) is 64.1 Å². The highest BCUT2D eigenvalue weighted by Crippen LogP contribution is 2.31. The molecular weight excluding hydrogens is 236 g/mol. The molecule has 0 aromatic carbocycles. The second-order valence-corrected chi connectivity index (χ2v) is 6.61. The number of hydrogen-bond acceptors (Lipinski definition) is 3. The summed E-state index contributed by atoms with van der Waals surface area (Å²) in [6, 6.07) is 1.56. The molecule has 0 aliphatic carbocycles. The van der Waals surface area contributed by atoms with Crippen LogP contribution in [-0.4, -0.2) is 49.8 Å². The minimum Gasteiger partial charge on any atom is -0.380 e. The van der Waals surface area contributed by atoms with Gasteiger partial charge in [0.1, 0.15) is 0 Å². The fourth-order valence-corrected chi connectivity index (χ4v) is 4.33. The molecule has 3 aliphatic heterocycles. The first-order chi connectivity index (χ1) is 9.45. The lowest BCUT2D eigenvalue weighted by atomic mass is 9.86. The van der Waals surface area contributed by atoms with Gasteiger partial charge in [-0.1, -0.05) is 12.8 Å². The van der Waals surface area contributed by atoms with Crippen LogP contribution >= 0.6 is 0 Å². The van der Waals surface area contributed by atoms with Crippen molar-refractivity contribution in [3.05, 3.63) is 0 Å². The number of nitrogens with one attached hydrogen (secondary N) is 1. The van der Waals surface area contributed by atoms with E-state index in [-0.39, 0.29) is 0 Å². The first-order valence-electron chi connectivity index (χ1n) is 8.49. The molecule has 3 aliphatic rings. The van der Waals surface area contributed by atoms with Crippen molar-refractivity contribution in [3.8, 4) is 0 Å². The predicted molar refractivity (Wildman–Crippen MR) is 78.4 cm³/mol. The molecule has 19 heavy (non-hydrogen) atoms. The van der Waals surface area contributed by atoms with Gasteiger partial charge in [-0.3, -0.25) is 4.90 Å². The summed E-state index contributed by atoms with van der Waals surface area (Å²) in [4.78, 5) is 2.86. The zero-order valence-corrected chi connectivity index (χ0v) is 12.3. The maximum atomic E-state index is 5.76. The first-order valence-corrected chi connectivity index (χ1v) is 8.49. The van der Waals surface area contributed by atoms with Crippen LogP contribution in [0.5, 0.6) is 0 Å². The van der Waals surface area contributed by atoms with E-state index in [1.807, 2.05) is 0 Å². The van der Waals surface area contributed by atoms with Gasteiger partial charge in [0.25, 0.3) is 0 Å². The molecule has 0 spiro atoms. The monoisotopic (exact) mass is 266 g/mol. The highest BCUT2D eigenvalue weighted by atomic mass is 16.5. The van der Waals surface area contributed by atoms with Gasteiger partial charge in [0, 0.05) is 18.7 Å². The summed E-state index contributed by atoms with van der Waals surface area (Å²) >= 11 is 0. The van der Waals surface area contributed by atoms with Crippen LogP contribution in [0.1, 0.15) is 51.4 Å². The molecule has 2 unspecified atom stereocenters. The van der Waals surface area contributed by atoms with E-state index in [0.717, 1.165) is 25.2 Å². The van der Waals surface area contributed by atoms with Crippen molar-refractivity contribution in [1.29, 1.82) is 0 Å². The normalized spacial score (nSPS) is 36.0. The SMILES string of the molecule is C1CCC(C2CCNCC2)N(C2CCCOC2)CC1. The van der Waals surface area contributed by atoms with Gasteiger partial charge in [0.2, 0.25) is 0 Å². The van der Waals surface area contributed by atoms with E-state index in [9.17, 15) is 0 Å². The van der Waals surface area contributed by atoms with Crippen LogP contribution in [-0.2, 0) is 4.74 Å². The fourth-order valence-electron chi connectivity index (χ4n) is 4.33. The summed E-state index contributed by atoms with van der Waals surface area (Å²) in [7, 11) is 0. The molecule has 0 radical (unpaired) electrons. The van der Waals surface area contributed by atoms with Crippen LogP contribution in [0, 0.1) is 5.92 Å². The van der Waals surface area contributed by atoms with Crippen molar-refractivity contribution in [2.24, 2.45) is 5.92 Å². The van der Waals surface area contributed by atoms with Crippen molar-refractivity contribution < 1.29 is 4.74 Å². The van der Waals surface area contributed by atoms with Gasteiger partial charge in [-0.15, -0.1) is 0 Å². The van der Waals surface area contributed by atoms with Crippen LogP contribution in [0.15, 0.2) is 0 Å². The summed E-state index contributed by atoms with van der Waals surface area (Å²) in [6.45, 7) is 5.76. The van der Waals surface area contributed by atoms with Gasteiger partial charge < -0.3 is 10.1 Å². The molecule has 3 rings (SSSR count). The van der Waals surface area contributed by atoms with Crippen molar-refractivity contribution in [2.75, 3.05) is 32.8 Å². The Kier molecular flexibility index (Phi) is 5.14. The number of nitrogens with zero attached hydrogens (tertiary/aromatic N) is 1. The maximum Gasteiger partial charge on any atom is 0.0621 e. The average molecular weight is 266 g/mol. The Labute approximate surface area is 118 Å². The van der Waals surface area contributed by atoms with Crippen molar-refractivity contribution in [1.82, 2.24) is 10.2 Å². The Morgan fingerprint density at radius 3 is 2.58 bits per heavy atom. The maximum absolute atomic E-state index is 5.76. The second-order valence-electron chi connectivity index (χ2n) is 6.61. The Bertz CT molecular complexity index is 233. The Morgan fingerprint density at radius 2 is 1.79 bits per heavy atom. The Balaban J connectivity index is 1.68. The summed E-state index contributed by atoms with van der Waals surface area (Å²) < 4.78 is 5.76. The van der Waals surface area contributed by atoms with Crippen molar-refractivity contribution >= 4 is 0 Å². The van der Waals surface area contributed by atoms with Gasteiger partial charge >= 0.3 is 0 Å². The average Bonchev–Trinajstić information content (AvgIpc) is 2.75. The van der Waals surface area contributed by atoms with Crippen molar-refractivity contribution in [3.63, 3.8) is 0 Å². The van der Waals surface area contributed by atoms with E-state index in [4.69, 9.17) is 4.74 Å². The second kappa shape index (κ2) is 7.05. The summed E-state index contributed by atoms with van der Waals surface area (Å²) in [5.41, 5.74) is 0. The van der Waals surface area contributed by atoms with E-state index >= 15 is 0 Å². The molecule has 0 amide bonds. The topological polar surface area (TPSA) is 24.5 Å². The molecule has 0 aromatic heterocycles. The van der Waals surface area contributed by atoms with E-state index in [0.29, 0.717) is 6.04 Å². The quantitative estimate of drug-likeness (QED) is 0.830. The highest BCUT2D eigenvalue weighted by Gasteiger charge is 2.34. The zero-order chi connectivity index (χ0) is 12.9. The minimum atomic E-state index is 0.715. The lowest BCUT2D eigenvalue weighted by Gasteiger charge is -2.43. The summed E-state index contributed by atoms with van der Waals surface area (Å²) in [5.74, 6) is 0.932. The molecule has 1 N–H and O–H groups in total. The van der Waals surface area contributed by atoms with E-state index < -0.39 is 0 Å². The van der Waals surface area contributed by atoms with Crippen LogP contribution in [0.3, 0.4) is 0 Å². The third-order valence-corrected chi connectivity index (χ3v) is 5.38. The first kappa shape index (κ1) is 13.8. The van der Waals surface area contributed by atoms with Gasteiger partial charge in [-0.2, -0.15) is 0 Å². The number of likely N-dealkylation sites (tertiary alicyclic amines) is 1. The van der Waals surface area contributed by atoms with Gasteiger partial charge in [0.05, 0.1) is 6.61 Å². The van der Waals surface area contributed by atoms with Gasteiger partial charge in [0.15, 0.2) is 0 Å². The standard InChI is InChI=1S/C16H30N2O/c1-2-6-16(14-7-9-17-10-8-14)18(11-3-1)15-5-4-12-19-13-15/h14-17H,1-13H2. The molecule has 3 fully saturated rings. The molecule has 0 saturated carbocycles. The minimum absolute atomic E-state index is 0.715. The molecule has 0 aromatic rings. The molecule has 0 bridgehead atoms. The van der Waals surface area contributed by atoms with Crippen molar-refractivity contribution in [2.45, 2.75) is 63.5 Å². The van der Waals surface area contributed by atoms with Crippen LogP contribution in [0.4, 0.5) is 0 Å².